The van der Waals surface area contributed by atoms with Crippen LogP contribution in [-0.2, 0) is 4.79 Å². The zero-order valence-corrected chi connectivity index (χ0v) is 18.6. The van der Waals surface area contributed by atoms with E-state index in [9.17, 15) is 4.79 Å². The molecule has 2 aromatic rings. The van der Waals surface area contributed by atoms with Crippen molar-refractivity contribution in [2.75, 3.05) is 5.75 Å². The summed E-state index contributed by atoms with van der Waals surface area (Å²) in [5, 5.41) is 4.95. The number of hydrogen-bond donors (Lipinski definition) is 1. The highest BCUT2D eigenvalue weighted by molar-refractivity contribution is 7.99. The number of aromatic nitrogens is 2. The average Bonchev–Trinajstić information content (AvgIpc) is 3.38. The predicted molar refractivity (Wildman–Crippen MR) is 120 cm³/mol. The summed E-state index contributed by atoms with van der Waals surface area (Å²) in [5.41, 5.74) is 2.25. The number of carbonyl (C=O) groups excluding carboxylic acids is 1. The smallest absolute Gasteiger partial charge is 0.230 e. The number of nitrogens with one attached hydrogen (secondary N) is 1. The molecule has 2 atom stereocenters. The van der Waals surface area contributed by atoms with Gasteiger partial charge in [-0.25, -0.2) is 4.98 Å². The zero-order chi connectivity index (χ0) is 20.2. The van der Waals surface area contributed by atoms with Gasteiger partial charge < -0.3 is 9.88 Å². The topological polar surface area (TPSA) is 46.9 Å². The second kappa shape index (κ2) is 9.57. The first-order chi connectivity index (χ1) is 14.1. The Hall–Kier alpha value is -1.46. The third-order valence-electron chi connectivity index (χ3n) is 6.38. The summed E-state index contributed by atoms with van der Waals surface area (Å²) in [7, 11) is 0. The zero-order valence-electron chi connectivity index (χ0n) is 17.1. The molecule has 1 heterocycles. The quantitative estimate of drug-likeness (QED) is 0.561. The molecule has 2 fully saturated rings. The van der Waals surface area contributed by atoms with Gasteiger partial charge in [-0.15, -0.1) is 0 Å². The van der Waals surface area contributed by atoms with Crippen LogP contribution in [0.15, 0.2) is 35.6 Å². The van der Waals surface area contributed by atoms with E-state index in [-0.39, 0.29) is 5.91 Å². The van der Waals surface area contributed by atoms with Crippen LogP contribution in [0.2, 0.25) is 5.02 Å². The fraction of sp³-hybridized carbons (Fsp3) is 0.565. The van der Waals surface area contributed by atoms with Gasteiger partial charge >= 0.3 is 0 Å². The molecular formula is C23H30ClN3OS. The van der Waals surface area contributed by atoms with Crippen molar-refractivity contribution in [2.45, 2.75) is 75.5 Å². The third kappa shape index (κ3) is 5.00. The van der Waals surface area contributed by atoms with Crippen molar-refractivity contribution < 1.29 is 4.79 Å². The standard InChI is InChI=1S/C23H30ClN3OS/c1-16-6-2-5-9-20(16)26-22(28)15-29-23-25-14-21(17-10-12-18(24)13-11-17)27(23)19-7-3-4-8-19/h10-14,16,19-20H,2-9,15H2,1H3,(H,26,28)/t16-,20-/m0/s1. The lowest BCUT2D eigenvalue weighted by Gasteiger charge is -2.29. The lowest BCUT2D eigenvalue weighted by molar-refractivity contribution is -0.119. The van der Waals surface area contributed by atoms with E-state index >= 15 is 0 Å². The lowest BCUT2D eigenvalue weighted by atomic mass is 9.86. The lowest BCUT2D eigenvalue weighted by Crippen LogP contribution is -2.41. The molecule has 0 saturated heterocycles. The van der Waals surface area contributed by atoms with Crippen molar-refractivity contribution in [1.82, 2.24) is 14.9 Å². The minimum Gasteiger partial charge on any atom is -0.352 e. The second-order valence-electron chi connectivity index (χ2n) is 8.47. The molecule has 4 nitrogen and oxygen atoms in total. The van der Waals surface area contributed by atoms with Crippen molar-refractivity contribution >= 4 is 29.3 Å². The largest absolute Gasteiger partial charge is 0.352 e. The molecule has 0 aliphatic heterocycles. The molecule has 1 N–H and O–H groups in total. The van der Waals surface area contributed by atoms with Crippen LogP contribution < -0.4 is 5.32 Å². The second-order valence-corrected chi connectivity index (χ2v) is 9.84. The van der Waals surface area contributed by atoms with Crippen LogP contribution in [0.5, 0.6) is 0 Å². The van der Waals surface area contributed by atoms with E-state index in [1.807, 2.05) is 18.3 Å². The minimum absolute atomic E-state index is 0.128. The maximum Gasteiger partial charge on any atom is 0.230 e. The monoisotopic (exact) mass is 431 g/mol. The molecule has 0 spiro atoms. The Kier molecular flexibility index (Phi) is 6.86. The van der Waals surface area contributed by atoms with Crippen molar-refractivity contribution in [3.8, 4) is 11.3 Å². The fourth-order valence-electron chi connectivity index (χ4n) is 4.71. The van der Waals surface area contributed by atoms with Gasteiger partial charge in [-0.05, 0) is 49.3 Å². The summed E-state index contributed by atoms with van der Waals surface area (Å²) < 4.78 is 2.36. The molecule has 156 valence electrons. The van der Waals surface area contributed by atoms with E-state index in [1.165, 1.54) is 44.9 Å². The Labute approximate surface area is 182 Å². The van der Waals surface area contributed by atoms with Crippen LogP contribution >= 0.6 is 23.4 Å². The van der Waals surface area contributed by atoms with Crippen molar-refractivity contribution in [3.63, 3.8) is 0 Å². The minimum atomic E-state index is 0.128. The molecule has 0 radical (unpaired) electrons. The average molecular weight is 432 g/mol. The Morgan fingerprint density at radius 3 is 2.55 bits per heavy atom. The molecule has 1 aromatic carbocycles. The number of hydrogen-bond acceptors (Lipinski definition) is 3. The van der Waals surface area contributed by atoms with Crippen LogP contribution in [0, 0.1) is 5.92 Å². The highest BCUT2D eigenvalue weighted by atomic mass is 35.5. The molecule has 0 bridgehead atoms. The first kappa shape index (κ1) is 20.8. The molecule has 2 aliphatic rings. The van der Waals surface area contributed by atoms with Gasteiger partial charge in [0.1, 0.15) is 0 Å². The fourth-order valence-corrected chi connectivity index (χ4v) is 5.69. The summed E-state index contributed by atoms with van der Waals surface area (Å²) in [5.74, 6) is 1.13. The summed E-state index contributed by atoms with van der Waals surface area (Å²) in [6.45, 7) is 2.25. The Morgan fingerprint density at radius 1 is 1.14 bits per heavy atom. The van der Waals surface area contributed by atoms with Crippen molar-refractivity contribution in [3.05, 3.63) is 35.5 Å². The van der Waals surface area contributed by atoms with E-state index < -0.39 is 0 Å². The van der Waals surface area contributed by atoms with Crippen LogP contribution in [0.4, 0.5) is 0 Å². The van der Waals surface area contributed by atoms with Gasteiger partial charge in [-0.2, -0.15) is 0 Å². The third-order valence-corrected chi connectivity index (χ3v) is 7.60. The molecule has 4 rings (SSSR count). The Morgan fingerprint density at radius 2 is 1.83 bits per heavy atom. The van der Waals surface area contributed by atoms with Gasteiger partial charge in [0.2, 0.25) is 5.91 Å². The summed E-state index contributed by atoms with van der Waals surface area (Å²) in [4.78, 5) is 17.3. The highest BCUT2D eigenvalue weighted by Gasteiger charge is 2.25. The number of carbonyl (C=O) groups is 1. The number of imidazole rings is 1. The number of benzene rings is 1. The van der Waals surface area contributed by atoms with Gasteiger partial charge in [-0.1, -0.05) is 68.1 Å². The van der Waals surface area contributed by atoms with E-state index in [0.29, 0.717) is 23.8 Å². The molecule has 1 aromatic heterocycles. The normalized spacial score (nSPS) is 22.7. The van der Waals surface area contributed by atoms with Crippen LogP contribution in [-0.4, -0.2) is 27.3 Å². The van der Waals surface area contributed by atoms with Crippen LogP contribution in [0.3, 0.4) is 0 Å². The van der Waals surface area contributed by atoms with Crippen LogP contribution in [0.1, 0.15) is 64.3 Å². The van der Waals surface area contributed by atoms with E-state index in [1.54, 1.807) is 11.8 Å². The van der Waals surface area contributed by atoms with Gasteiger partial charge in [0.15, 0.2) is 5.16 Å². The van der Waals surface area contributed by atoms with Gasteiger partial charge in [0.05, 0.1) is 17.6 Å². The molecule has 29 heavy (non-hydrogen) atoms. The maximum atomic E-state index is 12.6. The first-order valence-corrected chi connectivity index (χ1v) is 12.2. The van der Waals surface area contributed by atoms with E-state index in [0.717, 1.165) is 27.9 Å². The molecule has 2 saturated carbocycles. The van der Waals surface area contributed by atoms with E-state index in [2.05, 4.69) is 28.9 Å². The highest BCUT2D eigenvalue weighted by Crippen LogP contribution is 2.37. The first-order valence-electron chi connectivity index (χ1n) is 10.9. The number of rotatable bonds is 6. The molecule has 0 unspecified atom stereocenters. The van der Waals surface area contributed by atoms with Gasteiger partial charge in [0, 0.05) is 17.1 Å². The number of amides is 1. The van der Waals surface area contributed by atoms with Crippen molar-refractivity contribution in [2.24, 2.45) is 5.92 Å². The number of nitrogens with zero attached hydrogens (tertiary/aromatic N) is 2. The molecule has 1 amide bonds. The summed E-state index contributed by atoms with van der Waals surface area (Å²) in [6, 6.07) is 8.75. The summed E-state index contributed by atoms with van der Waals surface area (Å²) >= 11 is 7.64. The SMILES string of the molecule is C[C@H]1CCCC[C@@H]1NC(=O)CSc1ncc(-c2ccc(Cl)cc2)n1C1CCCC1. The molecular weight excluding hydrogens is 402 g/mol. The van der Waals surface area contributed by atoms with Crippen LogP contribution in [0.25, 0.3) is 11.3 Å². The number of halogens is 1. The Balaban J connectivity index is 1.48. The molecule has 6 heteroatoms. The maximum absolute atomic E-state index is 12.6. The predicted octanol–water partition coefficient (Wildman–Crippen LogP) is 6.11. The Bertz CT molecular complexity index is 829. The van der Waals surface area contributed by atoms with Gasteiger partial charge in [-0.3, -0.25) is 4.79 Å². The number of thioether (sulfide) groups is 1. The van der Waals surface area contributed by atoms with Crippen molar-refractivity contribution in [1.29, 1.82) is 0 Å². The van der Waals surface area contributed by atoms with Gasteiger partial charge in [0.25, 0.3) is 0 Å². The van der Waals surface area contributed by atoms with E-state index in [4.69, 9.17) is 16.6 Å². The molecule has 2 aliphatic carbocycles. The summed E-state index contributed by atoms with van der Waals surface area (Å²) in [6.07, 6.45) is 11.6.